The topological polar surface area (TPSA) is 69.6 Å². The molecule has 0 spiro atoms. The third-order valence-corrected chi connectivity index (χ3v) is 2.50. The van der Waals surface area contributed by atoms with Gasteiger partial charge >= 0.3 is 5.97 Å². The zero-order chi connectivity index (χ0) is 12.6. The molecular formula is C11H22N2O3. The van der Waals surface area contributed by atoms with E-state index in [0.29, 0.717) is 6.54 Å². The van der Waals surface area contributed by atoms with Gasteiger partial charge in [0.1, 0.15) is 0 Å². The Morgan fingerprint density at radius 1 is 1.38 bits per heavy atom. The van der Waals surface area contributed by atoms with Gasteiger partial charge in [-0.1, -0.05) is 19.8 Å². The van der Waals surface area contributed by atoms with Gasteiger partial charge in [0.25, 0.3) is 0 Å². The van der Waals surface area contributed by atoms with Gasteiger partial charge in [-0.25, -0.2) is 0 Å². The largest absolute Gasteiger partial charge is 0.480 e. The van der Waals surface area contributed by atoms with Crippen LogP contribution < -0.4 is 5.32 Å². The Kier molecular flexibility index (Phi) is 7.54. The van der Waals surface area contributed by atoms with Crippen LogP contribution in [0.1, 0.15) is 33.1 Å². The molecule has 0 aromatic heterocycles. The highest BCUT2D eigenvalue weighted by atomic mass is 16.4. The van der Waals surface area contributed by atoms with Gasteiger partial charge in [0, 0.05) is 6.54 Å². The van der Waals surface area contributed by atoms with E-state index in [1.54, 1.807) is 14.0 Å². The molecule has 0 aromatic carbocycles. The Hall–Kier alpha value is -1.10. The van der Waals surface area contributed by atoms with Crippen LogP contribution >= 0.6 is 0 Å². The van der Waals surface area contributed by atoms with E-state index in [1.165, 1.54) is 4.90 Å². The number of hydrogen-bond donors (Lipinski definition) is 2. The Balaban J connectivity index is 3.84. The molecule has 0 saturated carbocycles. The molecule has 0 saturated heterocycles. The Morgan fingerprint density at radius 2 is 2.00 bits per heavy atom. The Bertz CT molecular complexity index is 231. The standard InChI is InChI=1S/C11H22N2O3/c1-4-5-6-7-12-11(16)9(2)13(3)8-10(14)15/h9H,4-8H2,1-3H3,(H,12,16)(H,14,15). The van der Waals surface area contributed by atoms with Gasteiger partial charge in [0.2, 0.25) is 5.91 Å². The van der Waals surface area contributed by atoms with E-state index in [1.807, 2.05) is 0 Å². The molecule has 0 radical (unpaired) electrons. The second kappa shape index (κ2) is 8.10. The first-order chi connectivity index (χ1) is 7.49. The number of likely N-dealkylation sites (N-methyl/N-ethyl adjacent to an activating group) is 1. The molecule has 5 nitrogen and oxygen atoms in total. The van der Waals surface area contributed by atoms with Crippen LogP contribution in [0.3, 0.4) is 0 Å². The lowest BCUT2D eigenvalue weighted by molar-refractivity contribution is -0.139. The van der Waals surface area contributed by atoms with Crippen molar-refractivity contribution in [2.24, 2.45) is 0 Å². The Labute approximate surface area is 96.8 Å². The van der Waals surface area contributed by atoms with Crippen molar-refractivity contribution in [2.75, 3.05) is 20.1 Å². The molecule has 16 heavy (non-hydrogen) atoms. The maximum atomic E-state index is 11.6. The quantitative estimate of drug-likeness (QED) is 0.602. The minimum Gasteiger partial charge on any atom is -0.480 e. The summed E-state index contributed by atoms with van der Waals surface area (Å²) in [5, 5.41) is 11.4. The number of rotatable bonds is 8. The summed E-state index contributed by atoms with van der Waals surface area (Å²) >= 11 is 0. The van der Waals surface area contributed by atoms with Gasteiger partial charge in [-0.2, -0.15) is 0 Å². The maximum Gasteiger partial charge on any atom is 0.317 e. The second-order valence-electron chi connectivity index (χ2n) is 3.98. The summed E-state index contributed by atoms with van der Waals surface area (Å²) in [6.45, 7) is 4.35. The predicted octanol–water partition coefficient (Wildman–Crippen LogP) is 0.698. The van der Waals surface area contributed by atoms with Crippen molar-refractivity contribution in [3.8, 4) is 0 Å². The normalized spacial score (nSPS) is 12.5. The lowest BCUT2D eigenvalue weighted by Crippen LogP contribution is -2.45. The van der Waals surface area contributed by atoms with Crippen LogP contribution in [0.2, 0.25) is 0 Å². The SMILES string of the molecule is CCCCCNC(=O)C(C)N(C)CC(=O)O. The number of carbonyl (C=O) groups excluding carboxylic acids is 1. The summed E-state index contributed by atoms with van der Waals surface area (Å²) in [5.41, 5.74) is 0. The van der Waals surface area contributed by atoms with E-state index in [2.05, 4.69) is 12.2 Å². The maximum absolute atomic E-state index is 11.6. The van der Waals surface area contributed by atoms with E-state index >= 15 is 0 Å². The first-order valence-corrected chi connectivity index (χ1v) is 5.68. The molecule has 0 aliphatic heterocycles. The van der Waals surface area contributed by atoms with Gasteiger partial charge < -0.3 is 10.4 Å². The number of carboxylic acid groups (broad SMARTS) is 1. The number of amides is 1. The molecule has 1 unspecified atom stereocenters. The van der Waals surface area contributed by atoms with Crippen LogP contribution in [0, 0.1) is 0 Å². The first-order valence-electron chi connectivity index (χ1n) is 5.68. The number of carboxylic acids is 1. The van der Waals surface area contributed by atoms with Crippen molar-refractivity contribution in [1.29, 1.82) is 0 Å². The highest BCUT2D eigenvalue weighted by Gasteiger charge is 2.18. The molecule has 0 aliphatic carbocycles. The highest BCUT2D eigenvalue weighted by molar-refractivity contribution is 5.82. The summed E-state index contributed by atoms with van der Waals surface area (Å²) in [5.74, 6) is -1.03. The fourth-order valence-electron chi connectivity index (χ4n) is 1.28. The summed E-state index contributed by atoms with van der Waals surface area (Å²) in [6, 6.07) is -0.405. The third kappa shape index (κ3) is 6.40. The van der Waals surface area contributed by atoms with Crippen molar-refractivity contribution in [2.45, 2.75) is 39.2 Å². The van der Waals surface area contributed by atoms with Crippen molar-refractivity contribution in [1.82, 2.24) is 10.2 Å². The van der Waals surface area contributed by atoms with Crippen LogP contribution in [-0.4, -0.2) is 48.1 Å². The molecule has 0 aliphatic rings. The summed E-state index contributed by atoms with van der Waals surface area (Å²) in [7, 11) is 1.63. The summed E-state index contributed by atoms with van der Waals surface area (Å²) < 4.78 is 0. The molecule has 5 heteroatoms. The van der Waals surface area contributed by atoms with Gasteiger partial charge in [0.05, 0.1) is 12.6 Å². The number of nitrogens with zero attached hydrogens (tertiary/aromatic N) is 1. The molecule has 0 rings (SSSR count). The minimum atomic E-state index is -0.923. The number of carbonyl (C=O) groups is 2. The van der Waals surface area contributed by atoms with Gasteiger partial charge in [0.15, 0.2) is 0 Å². The molecule has 0 bridgehead atoms. The molecule has 94 valence electrons. The van der Waals surface area contributed by atoms with Crippen LogP contribution in [0.4, 0.5) is 0 Å². The van der Waals surface area contributed by atoms with Crippen LogP contribution in [0.5, 0.6) is 0 Å². The average molecular weight is 230 g/mol. The number of nitrogens with one attached hydrogen (secondary N) is 1. The summed E-state index contributed by atoms with van der Waals surface area (Å²) in [6.07, 6.45) is 3.18. The monoisotopic (exact) mass is 230 g/mol. The lowest BCUT2D eigenvalue weighted by Gasteiger charge is -2.21. The number of aliphatic carboxylic acids is 1. The number of hydrogen-bond acceptors (Lipinski definition) is 3. The Morgan fingerprint density at radius 3 is 2.50 bits per heavy atom. The van der Waals surface area contributed by atoms with Gasteiger partial charge in [-0.05, 0) is 20.4 Å². The zero-order valence-corrected chi connectivity index (χ0v) is 10.3. The molecular weight excluding hydrogens is 208 g/mol. The van der Waals surface area contributed by atoms with Gasteiger partial charge in [-0.15, -0.1) is 0 Å². The summed E-state index contributed by atoms with van der Waals surface area (Å²) in [4.78, 5) is 23.6. The van der Waals surface area contributed by atoms with E-state index in [4.69, 9.17) is 5.11 Å². The fourth-order valence-corrected chi connectivity index (χ4v) is 1.28. The van der Waals surface area contributed by atoms with Crippen molar-refractivity contribution < 1.29 is 14.7 Å². The van der Waals surface area contributed by atoms with E-state index in [-0.39, 0.29) is 12.5 Å². The fraction of sp³-hybridized carbons (Fsp3) is 0.818. The molecule has 1 amide bonds. The van der Waals surface area contributed by atoms with Crippen LogP contribution in [0.25, 0.3) is 0 Å². The lowest BCUT2D eigenvalue weighted by atomic mass is 10.2. The smallest absolute Gasteiger partial charge is 0.317 e. The molecule has 0 heterocycles. The van der Waals surface area contributed by atoms with E-state index in [0.717, 1.165) is 19.3 Å². The first kappa shape index (κ1) is 14.9. The van der Waals surface area contributed by atoms with Crippen molar-refractivity contribution in [3.05, 3.63) is 0 Å². The van der Waals surface area contributed by atoms with E-state index in [9.17, 15) is 9.59 Å². The molecule has 0 fully saturated rings. The second-order valence-corrected chi connectivity index (χ2v) is 3.98. The van der Waals surface area contributed by atoms with Gasteiger partial charge in [-0.3, -0.25) is 14.5 Å². The highest BCUT2D eigenvalue weighted by Crippen LogP contribution is 1.96. The predicted molar refractivity (Wildman–Crippen MR) is 62.3 cm³/mol. The molecule has 1 atom stereocenters. The van der Waals surface area contributed by atoms with Crippen molar-refractivity contribution in [3.63, 3.8) is 0 Å². The van der Waals surface area contributed by atoms with Crippen LogP contribution in [0.15, 0.2) is 0 Å². The van der Waals surface area contributed by atoms with E-state index < -0.39 is 12.0 Å². The number of unbranched alkanes of at least 4 members (excludes halogenated alkanes) is 2. The zero-order valence-electron chi connectivity index (χ0n) is 10.3. The molecule has 0 aromatic rings. The third-order valence-electron chi connectivity index (χ3n) is 2.50. The van der Waals surface area contributed by atoms with Crippen LogP contribution in [-0.2, 0) is 9.59 Å². The average Bonchev–Trinajstić information content (AvgIpc) is 2.22. The molecule has 2 N–H and O–H groups in total. The minimum absolute atomic E-state index is 0.111. The van der Waals surface area contributed by atoms with Crippen molar-refractivity contribution >= 4 is 11.9 Å².